The van der Waals surface area contributed by atoms with Gasteiger partial charge in [-0.1, -0.05) is 36.4 Å². The van der Waals surface area contributed by atoms with Gasteiger partial charge >= 0.3 is 18.2 Å². The van der Waals surface area contributed by atoms with Crippen molar-refractivity contribution in [2.24, 2.45) is 0 Å². The van der Waals surface area contributed by atoms with E-state index in [9.17, 15) is 19.2 Å². The van der Waals surface area contributed by atoms with Crippen LogP contribution in [0.2, 0.25) is 0 Å². The average Bonchev–Trinajstić information content (AvgIpc) is 3.01. The van der Waals surface area contributed by atoms with Gasteiger partial charge in [-0.05, 0) is 113 Å². The number of ether oxygens (including phenoxy) is 2. The third-order valence-electron chi connectivity index (χ3n) is 7.27. The number of carboxylic acid groups (broad SMARTS) is 1. The summed E-state index contributed by atoms with van der Waals surface area (Å²) >= 11 is 0. The predicted octanol–water partition coefficient (Wildman–Crippen LogP) is 7.37. The van der Waals surface area contributed by atoms with Crippen LogP contribution in [0.5, 0.6) is 0 Å². The molecule has 4 aromatic rings. The smallest absolute Gasteiger partial charge is 0.425 e. The Kier molecular flexibility index (Phi) is 11.7. The van der Waals surface area contributed by atoms with E-state index in [1.807, 2.05) is 36.4 Å². The normalized spacial score (nSPS) is 12.1. The summed E-state index contributed by atoms with van der Waals surface area (Å²) in [4.78, 5) is 56.5. The molecule has 0 aliphatic heterocycles. The lowest BCUT2D eigenvalue weighted by Crippen LogP contribution is -2.44. The maximum Gasteiger partial charge on any atom is 0.425 e. The number of aliphatic carboxylic acids is 1. The molecule has 1 unspecified atom stereocenters. The molecule has 3 amide bonds. The summed E-state index contributed by atoms with van der Waals surface area (Å²) in [6.45, 7) is 10.4. The number of nitrogens with one attached hydrogen (secondary N) is 2. The van der Waals surface area contributed by atoms with Gasteiger partial charge in [0, 0.05) is 35.9 Å². The minimum absolute atomic E-state index is 0.0347. The number of fused-ring (bicyclic) bond motifs is 1. The summed E-state index contributed by atoms with van der Waals surface area (Å²) in [5.74, 6) is -1.10. The standard InChI is InChI=1S/C38H45N5O7/c1-37(2,3)49-35(47)43(36(48)50-38(4,5)6)33-30-18-17-29(22-27(30)19-20-40-33)42-32(34(46)41-23-25-10-7-11-28(39)21-25)26-15-13-24(14-16-26)9-8-12-31(44)45/h7,10-11,13-22,32,42H,8-9,12,23,39H2,1-6H3,(H,41,46)(H,44,45). The van der Waals surface area contributed by atoms with Crippen LogP contribution < -0.4 is 21.3 Å². The van der Waals surface area contributed by atoms with Gasteiger partial charge < -0.3 is 30.9 Å². The maximum absolute atomic E-state index is 13.7. The van der Waals surface area contributed by atoms with Gasteiger partial charge in [-0.3, -0.25) is 9.59 Å². The quantitative estimate of drug-likeness (QED) is 0.117. The molecule has 50 heavy (non-hydrogen) atoms. The second kappa shape index (κ2) is 15.7. The van der Waals surface area contributed by atoms with Gasteiger partial charge in [0.2, 0.25) is 5.91 Å². The predicted molar refractivity (Wildman–Crippen MR) is 193 cm³/mol. The fourth-order valence-corrected chi connectivity index (χ4v) is 5.07. The first-order valence-corrected chi connectivity index (χ1v) is 16.3. The highest BCUT2D eigenvalue weighted by Gasteiger charge is 2.34. The number of rotatable bonds is 11. The maximum atomic E-state index is 13.7. The Hall–Kier alpha value is -5.65. The molecule has 0 saturated carbocycles. The monoisotopic (exact) mass is 683 g/mol. The van der Waals surface area contributed by atoms with Crippen LogP contribution in [0.4, 0.5) is 26.8 Å². The molecule has 12 nitrogen and oxygen atoms in total. The SMILES string of the molecule is CC(C)(C)OC(=O)N(C(=O)OC(C)(C)C)c1nccc2cc(NC(C(=O)NCc3cccc(N)c3)c3ccc(CCCC(=O)O)cc3)ccc12. The molecule has 1 heterocycles. The Morgan fingerprint density at radius 2 is 1.52 bits per heavy atom. The second-order valence-electron chi connectivity index (χ2n) is 13.9. The summed E-state index contributed by atoms with van der Waals surface area (Å²) in [5.41, 5.74) is 7.82. The Morgan fingerprint density at radius 3 is 2.12 bits per heavy atom. The molecule has 0 fully saturated rings. The average molecular weight is 684 g/mol. The number of nitrogens with two attached hydrogens (primary N) is 1. The number of hydrogen-bond donors (Lipinski definition) is 4. The molecule has 0 saturated heterocycles. The largest absolute Gasteiger partial charge is 0.481 e. The first kappa shape index (κ1) is 37.2. The molecule has 264 valence electrons. The number of anilines is 3. The Bertz CT molecular complexity index is 1820. The van der Waals surface area contributed by atoms with Gasteiger partial charge in [0.25, 0.3) is 0 Å². The highest BCUT2D eigenvalue weighted by atomic mass is 16.6. The molecule has 0 radical (unpaired) electrons. The number of benzene rings is 3. The van der Waals surface area contributed by atoms with Crippen LogP contribution in [-0.4, -0.2) is 45.4 Å². The van der Waals surface area contributed by atoms with Crippen molar-refractivity contribution in [3.8, 4) is 0 Å². The van der Waals surface area contributed by atoms with Crippen molar-refractivity contribution in [1.82, 2.24) is 10.3 Å². The van der Waals surface area contributed by atoms with E-state index in [2.05, 4.69) is 15.6 Å². The van der Waals surface area contributed by atoms with E-state index in [1.54, 1.807) is 77.9 Å². The van der Waals surface area contributed by atoms with Crippen molar-refractivity contribution in [3.63, 3.8) is 0 Å². The van der Waals surface area contributed by atoms with Gasteiger partial charge in [-0.25, -0.2) is 14.6 Å². The zero-order valence-corrected chi connectivity index (χ0v) is 29.3. The zero-order valence-electron chi connectivity index (χ0n) is 29.3. The van der Waals surface area contributed by atoms with E-state index in [4.69, 9.17) is 20.3 Å². The molecule has 12 heteroatoms. The summed E-state index contributed by atoms with van der Waals surface area (Å²) in [7, 11) is 0. The summed E-state index contributed by atoms with van der Waals surface area (Å²) in [6.07, 6.45) is 0.781. The highest BCUT2D eigenvalue weighted by Crippen LogP contribution is 2.31. The molecular weight excluding hydrogens is 638 g/mol. The highest BCUT2D eigenvalue weighted by molar-refractivity contribution is 6.14. The minimum atomic E-state index is -0.933. The number of imide groups is 1. The van der Waals surface area contributed by atoms with Crippen molar-refractivity contribution >= 4 is 52.0 Å². The van der Waals surface area contributed by atoms with Crippen LogP contribution in [0.15, 0.2) is 79.0 Å². The first-order chi connectivity index (χ1) is 23.5. The topological polar surface area (TPSA) is 173 Å². The van der Waals surface area contributed by atoms with Gasteiger partial charge in [-0.2, -0.15) is 4.90 Å². The number of carbonyl (C=O) groups excluding carboxylic acids is 3. The van der Waals surface area contributed by atoms with E-state index >= 15 is 0 Å². The molecular formula is C38H45N5O7. The number of pyridine rings is 1. The van der Waals surface area contributed by atoms with Crippen molar-refractivity contribution in [2.75, 3.05) is 16.0 Å². The lowest BCUT2D eigenvalue weighted by atomic mass is 10.0. The van der Waals surface area contributed by atoms with E-state index in [1.165, 1.54) is 6.20 Å². The van der Waals surface area contributed by atoms with Crippen LogP contribution in [0.1, 0.15) is 77.1 Å². The number of hydrogen-bond acceptors (Lipinski definition) is 9. The van der Waals surface area contributed by atoms with Gasteiger partial charge in [-0.15, -0.1) is 0 Å². The summed E-state index contributed by atoms with van der Waals surface area (Å²) in [5, 5.41) is 16.4. The van der Waals surface area contributed by atoms with Crippen LogP contribution in [0.25, 0.3) is 10.8 Å². The van der Waals surface area contributed by atoms with Crippen LogP contribution >= 0.6 is 0 Å². The molecule has 0 aliphatic rings. The van der Waals surface area contributed by atoms with Gasteiger partial charge in [0.1, 0.15) is 17.2 Å². The molecule has 4 rings (SSSR count). The fraction of sp³-hybridized carbons (Fsp3) is 0.342. The molecule has 1 aromatic heterocycles. The number of aryl methyl sites for hydroxylation is 1. The van der Waals surface area contributed by atoms with Crippen LogP contribution in [-0.2, 0) is 32.0 Å². The van der Waals surface area contributed by atoms with Crippen molar-refractivity contribution in [1.29, 1.82) is 0 Å². The number of carbonyl (C=O) groups is 4. The number of nitrogen functional groups attached to an aromatic ring is 1. The summed E-state index contributed by atoms with van der Waals surface area (Å²) < 4.78 is 11.1. The van der Waals surface area contributed by atoms with E-state index < -0.39 is 35.4 Å². The molecule has 3 aromatic carbocycles. The van der Waals surface area contributed by atoms with Crippen LogP contribution in [0.3, 0.4) is 0 Å². The third-order valence-corrected chi connectivity index (χ3v) is 7.27. The number of carboxylic acids is 1. The first-order valence-electron chi connectivity index (χ1n) is 16.3. The Balaban J connectivity index is 1.67. The fourth-order valence-electron chi connectivity index (χ4n) is 5.07. The second-order valence-corrected chi connectivity index (χ2v) is 13.9. The van der Waals surface area contributed by atoms with Crippen molar-refractivity contribution in [2.45, 2.75) is 84.6 Å². The van der Waals surface area contributed by atoms with Crippen molar-refractivity contribution in [3.05, 3.63) is 95.7 Å². The van der Waals surface area contributed by atoms with E-state index in [0.29, 0.717) is 40.6 Å². The third kappa shape index (κ3) is 10.7. The Morgan fingerprint density at radius 1 is 0.860 bits per heavy atom. The van der Waals surface area contributed by atoms with Crippen molar-refractivity contribution < 1.29 is 33.8 Å². The number of amides is 3. The number of aromatic nitrogens is 1. The van der Waals surface area contributed by atoms with Crippen LogP contribution in [0, 0.1) is 0 Å². The lowest BCUT2D eigenvalue weighted by molar-refractivity contribution is -0.137. The van der Waals surface area contributed by atoms with E-state index in [-0.39, 0.29) is 24.7 Å². The Labute approximate surface area is 292 Å². The summed E-state index contributed by atoms with van der Waals surface area (Å²) in [6, 6.07) is 20.9. The lowest BCUT2D eigenvalue weighted by Gasteiger charge is -2.28. The van der Waals surface area contributed by atoms with Gasteiger partial charge in [0.15, 0.2) is 5.82 Å². The molecule has 5 N–H and O–H groups in total. The van der Waals surface area contributed by atoms with Gasteiger partial charge in [0.05, 0.1) is 0 Å². The molecule has 0 aliphatic carbocycles. The zero-order chi connectivity index (χ0) is 36.6. The molecule has 1 atom stereocenters. The number of nitrogens with zero attached hydrogens (tertiary/aromatic N) is 2. The minimum Gasteiger partial charge on any atom is -0.481 e. The molecule has 0 spiro atoms. The molecule has 0 bridgehead atoms. The van der Waals surface area contributed by atoms with E-state index in [0.717, 1.165) is 16.0 Å².